The predicted octanol–water partition coefficient (Wildman–Crippen LogP) is 5.39. The van der Waals surface area contributed by atoms with E-state index in [0.29, 0.717) is 5.95 Å². The van der Waals surface area contributed by atoms with Gasteiger partial charge >= 0.3 is 13.2 Å². The summed E-state index contributed by atoms with van der Waals surface area (Å²) in [6.45, 7) is 0. The van der Waals surface area contributed by atoms with Crippen molar-refractivity contribution in [1.29, 1.82) is 0 Å². The maximum Gasteiger partial charge on any atom is 0.673 e. The van der Waals surface area contributed by atoms with Crippen LogP contribution in [0.3, 0.4) is 0 Å². The van der Waals surface area contributed by atoms with Crippen LogP contribution < -0.4 is 4.57 Å². The van der Waals surface area contributed by atoms with Crippen molar-refractivity contribution in [2.24, 2.45) is 0 Å². The summed E-state index contributed by atoms with van der Waals surface area (Å²) in [5.74, 6) is 0.663. The van der Waals surface area contributed by atoms with E-state index in [4.69, 9.17) is 0 Å². The summed E-state index contributed by atoms with van der Waals surface area (Å²) < 4.78 is 41.0. The van der Waals surface area contributed by atoms with Gasteiger partial charge in [0.15, 0.2) is 0 Å². The lowest BCUT2D eigenvalue weighted by Gasteiger charge is -2.09. The summed E-state index contributed by atoms with van der Waals surface area (Å²) in [5, 5.41) is 0. The first-order valence-corrected chi connectivity index (χ1v) is 8.73. The first kappa shape index (κ1) is 20.2. The number of rotatable bonds is 3. The van der Waals surface area contributed by atoms with Gasteiger partial charge in [-0.2, -0.15) is 4.57 Å². The lowest BCUT2D eigenvalue weighted by atomic mass is 10.0. The van der Waals surface area contributed by atoms with Crippen LogP contribution in [0.15, 0.2) is 97.5 Å². The fraction of sp³-hybridized carbons (Fsp3) is 0. The maximum atomic E-state index is 9.75. The second-order valence-corrected chi connectivity index (χ2v) is 5.95. The summed E-state index contributed by atoms with van der Waals surface area (Å²) in [6, 6.07) is 26.8. The van der Waals surface area contributed by atoms with Gasteiger partial charge in [-0.1, -0.05) is 70.6 Å². The number of pyridine rings is 1. The van der Waals surface area contributed by atoms with Crippen molar-refractivity contribution >= 4 is 7.25 Å². The summed E-state index contributed by atoms with van der Waals surface area (Å²) in [5.41, 5.74) is 4.54. The van der Waals surface area contributed by atoms with E-state index in [1.54, 1.807) is 12.4 Å². The van der Waals surface area contributed by atoms with Crippen molar-refractivity contribution in [2.45, 2.75) is 0 Å². The van der Waals surface area contributed by atoms with Crippen molar-refractivity contribution in [3.8, 4) is 28.3 Å². The van der Waals surface area contributed by atoms with E-state index < -0.39 is 7.25 Å². The van der Waals surface area contributed by atoms with E-state index in [0.717, 1.165) is 11.3 Å². The Morgan fingerprint density at radius 2 is 1.14 bits per heavy atom. The Bertz CT molecular complexity index is 1040. The van der Waals surface area contributed by atoms with E-state index in [1.165, 1.54) is 11.1 Å². The molecule has 2 aromatic carbocycles. The van der Waals surface area contributed by atoms with Crippen molar-refractivity contribution in [3.05, 3.63) is 97.5 Å². The molecule has 0 aliphatic carbocycles. The lowest BCUT2D eigenvalue weighted by Crippen LogP contribution is -2.35. The zero-order valence-corrected chi connectivity index (χ0v) is 15.2. The minimum absolute atomic E-state index is 0.663. The molecule has 0 radical (unpaired) electrons. The molecule has 146 valence electrons. The number of aromatic nitrogens is 3. The highest BCUT2D eigenvalue weighted by Gasteiger charge is 2.20. The molecule has 0 aliphatic heterocycles. The Kier molecular flexibility index (Phi) is 6.34. The minimum Gasteiger partial charge on any atom is -0.418 e. The lowest BCUT2D eigenvalue weighted by molar-refractivity contribution is -0.592. The fourth-order valence-electron chi connectivity index (χ4n) is 2.73. The van der Waals surface area contributed by atoms with E-state index in [9.17, 15) is 17.3 Å². The average Bonchev–Trinajstić information content (AvgIpc) is 2.74. The van der Waals surface area contributed by atoms with Crippen molar-refractivity contribution < 1.29 is 21.8 Å². The molecule has 0 amide bonds. The second kappa shape index (κ2) is 9.10. The molecule has 4 rings (SSSR count). The van der Waals surface area contributed by atoms with Crippen LogP contribution in [0.2, 0.25) is 0 Å². The van der Waals surface area contributed by atoms with E-state index >= 15 is 0 Å². The van der Waals surface area contributed by atoms with Gasteiger partial charge in [-0.15, -0.1) is 0 Å². The molecule has 2 heterocycles. The fourth-order valence-corrected chi connectivity index (χ4v) is 2.73. The molecule has 2 aromatic heterocycles. The quantitative estimate of drug-likeness (QED) is 0.264. The van der Waals surface area contributed by atoms with Gasteiger partial charge in [-0.3, -0.25) is 0 Å². The smallest absolute Gasteiger partial charge is 0.418 e. The van der Waals surface area contributed by atoms with Gasteiger partial charge in [-0.25, -0.2) is 0 Å². The summed E-state index contributed by atoms with van der Waals surface area (Å²) in [4.78, 5) is 8.78. The summed E-state index contributed by atoms with van der Waals surface area (Å²) in [6.07, 6.45) is 5.55. The van der Waals surface area contributed by atoms with Gasteiger partial charge < -0.3 is 17.3 Å². The molecule has 0 saturated carbocycles. The van der Waals surface area contributed by atoms with Crippen LogP contribution in [0.25, 0.3) is 28.3 Å². The van der Waals surface area contributed by atoms with Gasteiger partial charge in [0.25, 0.3) is 0 Å². The minimum atomic E-state index is -6.00. The molecule has 3 nitrogen and oxygen atoms in total. The molecular formula is C21H16BF4N3. The largest absolute Gasteiger partial charge is 0.673 e. The van der Waals surface area contributed by atoms with Gasteiger partial charge in [0.1, 0.15) is 18.1 Å². The molecule has 0 spiro atoms. The Morgan fingerprint density at radius 1 is 0.621 bits per heavy atom. The SMILES string of the molecule is F[B-](F)(F)F.c1ccc(-c2cc[n+](-c3ncccn3)c(-c3ccccc3)c2)cc1. The maximum absolute atomic E-state index is 9.75. The Hall–Kier alpha value is -3.55. The van der Waals surface area contributed by atoms with Crippen molar-refractivity contribution in [2.75, 3.05) is 0 Å². The Labute approximate surface area is 165 Å². The first-order valence-electron chi connectivity index (χ1n) is 8.73. The van der Waals surface area contributed by atoms with Crippen molar-refractivity contribution in [1.82, 2.24) is 9.97 Å². The zero-order valence-electron chi connectivity index (χ0n) is 15.2. The molecule has 0 fully saturated rings. The molecule has 0 bridgehead atoms. The van der Waals surface area contributed by atoms with Gasteiger partial charge in [0.05, 0.1) is 6.20 Å². The van der Waals surface area contributed by atoms with Crippen LogP contribution in [0.4, 0.5) is 17.3 Å². The molecular weight excluding hydrogens is 381 g/mol. The average molecular weight is 397 g/mol. The standard InChI is InChI=1S/C21H16N3.BF4/c1-3-8-17(9-4-1)19-12-15-24(21-22-13-7-14-23-21)20(16-19)18-10-5-2-6-11-18;2-1(3,4)5/h1-16H;/q+1;-1. The molecule has 8 heteroatoms. The van der Waals surface area contributed by atoms with Crippen LogP contribution in [0.1, 0.15) is 0 Å². The van der Waals surface area contributed by atoms with Crippen LogP contribution in [-0.2, 0) is 0 Å². The number of hydrogen-bond acceptors (Lipinski definition) is 2. The van der Waals surface area contributed by atoms with Crippen LogP contribution >= 0.6 is 0 Å². The molecule has 0 aliphatic rings. The summed E-state index contributed by atoms with van der Waals surface area (Å²) >= 11 is 0. The van der Waals surface area contributed by atoms with Crippen LogP contribution in [0, 0.1) is 0 Å². The summed E-state index contributed by atoms with van der Waals surface area (Å²) in [7, 11) is -6.00. The topological polar surface area (TPSA) is 29.7 Å². The third kappa shape index (κ3) is 5.97. The van der Waals surface area contributed by atoms with E-state index in [-0.39, 0.29) is 0 Å². The van der Waals surface area contributed by atoms with Crippen LogP contribution in [0.5, 0.6) is 0 Å². The number of nitrogens with zero attached hydrogens (tertiary/aromatic N) is 3. The number of hydrogen-bond donors (Lipinski definition) is 0. The molecule has 0 atom stereocenters. The van der Waals surface area contributed by atoms with Gasteiger partial charge in [-0.05, 0) is 23.3 Å². The highest BCUT2D eigenvalue weighted by atomic mass is 19.5. The Balaban J connectivity index is 0.000000431. The number of halogens is 4. The first-order chi connectivity index (χ1) is 13.9. The van der Waals surface area contributed by atoms with Crippen molar-refractivity contribution in [3.63, 3.8) is 0 Å². The van der Waals surface area contributed by atoms with Gasteiger partial charge in [0, 0.05) is 11.6 Å². The van der Waals surface area contributed by atoms with E-state index in [2.05, 4.69) is 58.5 Å². The molecule has 0 N–H and O–H groups in total. The van der Waals surface area contributed by atoms with Gasteiger partial charge in [0.2, 0.25) is 0 Å². The monoisotopic (exact) mass is 397 g/mol. The zero-order chi connectivity index (χ0) is 20.7. The normalized spacial score (nSPS) is 10.8. The van der Waals surface area contributed by atoms with Crippen LogP contribution in [-0.4, -0.2) is 17.2 Å². The molecule has 0 saturated heterocycles. The number of benzene rings is 2. The molecule has 29 heavy (non-hydrogen) atoms. The third-order valence-corrected chi connectivity index (χ3v) is 3.90. The highest BCUT2D eigenvalue weighted by Crippen LogP contribution is 2.24. The Morgan fingerprint density at radius 3 is 1.69 bits per heavy atom. The predicted molar refractivity (Wildman–Crippen MR) is 105 cm³/mol. The third-order valence-electron chi connectivity index (χ3n) is 3.90. The highest BCUT2D eigenvalue weighted by molar-refractivity contribution is 6.50. The second-order valence-electron chi connectivity index (χ2n) is 5.95. The molecule has 0 unspecified atom stereocenters. The van der Waals surface area contributed by atoms with E-state index in [1.807, 2.05) is 41.1 Å². The molecule has 4 aromatic rings.